The zero-order valence-corrected chi connectivity index (χ0v) is 11.3. The molecule has 1 aromatic carbocycles. The van der Waals surface area contributed by atoms with E-state index in [4.69, 9.17) is 21.6 Å². The van der Waals surface area contributed by atoms with Crippen molar-refractivity contribution in [1.29, 1.82) is 5.26 Å². The maximum atomic E-state index is 13.4. The highest BCUT2D eigenvalue weighted by Crippen LogP contribution is 2.27. The van der Waals surface area contributed by atoms with E-state index in [0.717, 1.165) is 0 Å². The predicted octanol–water partition coefficient (Wildman–Crippen LogP) is 2.62. The molecule has 0 aliphatic rings. The molecule has 1 rings (SSSR count). The summed E-state index contributed by atoms with van der Waals surface area (Å²) >= 11 is 5.78. The minimum atomic E-state index is -0.558. The third kappa shape index (κ3) is 4.76. The van der Waals surface area contributed by atoms with Crippen molar-refractivity contribution in [2.75, 3.05) is 20.2 Å². The zero-order valence-electron chi connectivity index (χ0n) is 10.5. The number of nitrogens with zero attached hydrogens (tertiary/aromatic N) is 2. The summed E-state index contributed by atoms with van der Waals surface area (Å²) in [6, 6.07) is 6.19. The number of halogens is 2. The average molecular weight is 285 g/mol. The fourth-order valence-corrected chi connectivity index (χ4v) is 1.61. The summed E-state index contributed by atoms with van der Waals surface area (Å²) in [5.74, 6) is -0.767. The number of hydrogen-bond donors (Lipinski definition) is 0. The highest BCUT2D eigenvalue weighted by atomic mass is 35.5. The maximum absolute atomic E-state index is 13.4. The number of benzene rings is 1. The zero-order chi connectivity index (χ0) is 14.3. The minimum absolute atomic E-state index is 0.0381. The molecule has 1 aromatic rings. The summed E-state index contributed by atoms with van der Waals surface area (Å²) < 4.78 is 18.5. The Morgan fingerprint density at radius 2 is 2.32 bits per heavy atom. The van der Waals surface area contributed by atoms with Crippen LogP contribution in [-0.4, -0.2) is 31.0 Å². The monoisotopic (exact) mass is 284 g/mol. The number of nitriles is 1. The van der Waals surface area contributed by atoms with E-state index in [1.54, 1.807) is 7.05 Å². The Labute approximate surface area is 116 Å². The summed E-state index contributed by atoms with van der Waals surface area (Å²) in [6.45, 7) is 0.409. The predicted molar refractivity (Wildman–Crippen MR) is 69.4 cm³/mol. The lowest BCUT2D eigenvalue weighted by atomic mass is 10.3. The van der Waals surface area contributed by atoms with E-state index in [2.05, 4.69) is 0 Å². The Morgan fingerprint density at radius 1 is 1.58 bits per heavy atom. The number of hydrogen-bond acceptors (Lipinski definition) is 3. The van der Waals surface area contributed by atoms with Crippen molar-refractivity contribution in [2.45, 2.75) is 12.8 Å². The van der Waals surface area contributed by atoms with Gasteiger partial charge in [-0.05, 0) is 12.1 Å². The Balaban J connectivity index is 2.42. The van der Waals surface area contributed by atoms with Gasteiger partial charge in [0.15, 0.2) is 11.6 Å². The Morgan fingerprint density at radius 3 is 2.95 bits per heavy atom. The molecule has 0 atom stereocenters. The molecule has 0 saturated carbocycles. The van der Waals surface area contributed by atoms with Gasteiger partial charge in [-0.2, -0.15) is 5.26 Å². The summed E-state index contributed by atoms with van der Waals surface area (Å²) in [4.78, 5) is 13.1. The number of ether oxygens (including phenoxy) is 1. The van der Waals surface area contributed by atoms with E-state index in [0.29, 0.717) is 6.54 Å². The second-order valence-corrected chi connectivity index (χ2v) is 4.28. The highest BCUT2D eigenvalue weighted by Gasteiger charge is 2.11. The van der Waals surface area contributed by atoms with E-state index >= 15 is 0 Å². The van der Waals surface area contributed by atoms with Crippen LogP contribution >= 0.6 is 11.6 Å². The number of carbonyl (C=O) groups excluding carboxylic acids is 1. The molecular formula is C13H14ClFN2O2. The highest BCUT2D eigenvalue weighted by molar-refractivity contribution is 6.32. The molecule has 1 amide bonds. The molecule has 19 heavy (non-hydrogen) atoms. The lowest BCUT2D eigenvalue weighted by Crippen LogP contribution is -2.28. The van der Waals surface area contributed by atoms with Crippen LogP contribution in [0.5, 0.6) is 5.75 Å². The van der Waals surface area contributed by atoms with Crippen molar-refractivity contribution in [3.05, 3.63) is 29.0 Å². The molecule has 102 valence electrons. The Hall–Kier alpha value is -1.80. The number of para-hydroxylation sites is 1. The molecule has 0 spiro atoms. The fraction of sp³-hybridized carbons (Fsp3) is 0.385. The number of carbonyl (C=O) groups is 1. The van der Waals surface area contributed by atoms with Gasteiger partial charge >= 0.3 is 0 Å². The van der Waals surface area contributed by atoms with E-state index in [-0.39, 0.29) is 36.1 Å². The second kappa shape index (κ2) is 7.59. The lowest BCUT2D eigenvalue weighted by molar-refractivity contribution is -0.130. The SMILES string of the molecule is CN(CCC#N)C(=O)CCOc1c(F)cccc1Cl. The largest absolute Gasteiger partial charge is 0.488 e. The molecule has 0 aliphatic carbocycles. The average Bonchev–Trinajstić information content (AvgIpc) is 2.39. The summed E-state index contributed by atoms with van der Waals surface area (Å²) in [5.41, 5.74) is 0. The van der Waals surface area contributed by atoms with Gasteiger partial charge in [-0.3, -0.25) is 4.79 Å². The summed E-state index contributed by atoms with van der Waals surface area (Å²) in [5, 5.41) is 8.59. The van der Waals surface area contributed by atoms with Crippen molar-refractivity contribution in [3.63, 3.8) is 0 Å². The first-order valence-corrected chi connectivity index (χ1v) is 6.11. The van der Waals surface area contributed by atoms with Gasteiger partial charge in [-0.25, -0.2) is 4.39 Å². The van der Waals surface area contributed by atoms with Crippen molar-refractivity contribution < 1.29 is 13.9 Å². The van der Waals surface area contributed by atoms with Crippen LogP contribution < -0.4 is 4.74 Å². The second-order valence-electron chi connectivity index (χ2n) is 3.87. The maximum Gasteiger partial charge on any atom is 0.225 e. The Bertz CT molecular complexity index is 468. The van der Waals surface area contributed by atoms with Gasteiger partial charge in [0.1, 0.15) is 0 Å². The van der Waals surface area contributed by atoms with Crippen LogP contribution in [0, 0.1) is 17.1 Å². The van der Waals surface area contributed by atoms with Crippen molar-refractivity contribution >= 4 is 17.5 Å². The molecule has 0 bridgehead atoms. The van der Waals surface area contributed by atoms with Gasteiger partial charge in [0, 0.05) is 13.6 Å². The van der Waals surface area contributed by atoms with Crippen LogP contribution in [-0.2, 0) is 4.79 Å². The molecule has 0 heterocycles. The van der Waals surface area contributed by atoms with Crippen LogP contribution in [0.25, 0.3) is 0 Å². The molecule has 0 aromatic heterocycles. The van der Waals surface area contributed by atoms with Crippen molar-refractivity contribution in [3.8, 4) is 11.8 Å². The van der Waals surface area contributed by atoms with Crippen molar-refractivity contribution in [2.24, 2.45) is 0 Å². The standard InChI is InChI=1S/C13H14ClFN2O2/c1-17(8-3-7-16)12(18)6-9-19-13-10(14)4-2-5-11(13)15/h2,4-5H,3,6,8-9H2,1H3. The Kier molecular flexibility index (Phi) is 6.10. The minimum Gasteiger partial charge on any atom is -0.488 e. The third-order valence-corrected chi connectivity index (χ3v) is 2.76. The van der Waals surface area contributed by atoms with Crippen LogP contribution in [0.4, 0.5) is 4.39 Å². The first-order valence-electron chi connectivity index (χ1n) is 5.74. The van der Waals surface area contributed by atoms with Crippen LogP contribution in [0.3, 0.4) is 0 Å². The molecule has 0 unspecified atom stereocenters. The third-order valence-electron chi connectivity index (χ3n) is 2.47. The molecule has 0 aliphatic heterocycles. The van der Waals surface area contributed by atoms with Crippen molar-refractivity contribution in [1.82, 2.24) is 4.90 Å². The fourth-order valence-electron chi connectivity index (χ4n) is 1.39. The summed E-state index contributed by atoms with van der Waals surface area (Å²) in [7, 11) is 1.61. The summed E-state index contributed by atoms with van der Waals surface area (Å²) in [6.07, 6.45) is 0.384. The number of amides is 1. The van der Waals surface area contributed by atoms with Gasteiger partial charge in [-0.15, -0.1) is 0 Å². The van der Waals surface area contributed by atoms with Gasteiger partial charge in [0.25, 0.3) is 0 Å². The molecule has 0 fully saturated rings. The van der Waals surface area contributed by atoms with E-state index < -0.39 is 5.82 Å². The van der Waals surface area contributed by atoms with E-state index in [1.807, 2.05) is 6.07 Å². The first-order chi connectivity index (χ1) is 9.06. The molecule has 0 radical (unpaired) electrons. The van der Waals surface area contributed by atoms with Gasteiger partial charge in [-0.1, -0.05) is 17.7 Å². The number of rotatable bonds is 6. The molecule has 6 heteroatoms. The topological polar surface area (TPSA) is 53.3 Å². The first kappa shape index (κ1) is 15.3. The van der Waals surface area contributed by atoms with Crippen LogP contribution in [0.2, 0.25) is 5.02 Å². The lowest BCUT2D eigenvalue weighted by Gasteiger charge is -2.15. The van der Waals surface area contributed by atoms with Gasteiger partial charge < -0.3 is 9.64 Å². The van der Waals surface area contributed by atoms with E-state index in [9.17, 15) is 9.18 Å². The smallest absolute Gasteiger partial charge is 0.225 e. The van der Waals surface area contributed by atoms with Crippen LogP contribution in [0.1, 0.15) is 12.8 Å². The van der Waals surface area contributed by atoms with E-state index in [1.165, 1.54) is 23.1 Å². The normalized spacial score (nSPS) is 9.79. The molecule has 0 N–H and O–H groups in total. The molecular weight excluding hydrogens is 271 g/mol. The molecule has 4 nitrogen and oxygen atoms in total. The van der Waals surface area contributed by atoms with Crippen LogP contribution in [0.15, 0.2) is 18.2 Å². The molecule has 0 saturated heterocycles. The quantitative estimate of drug-likeness (QED) is 0.807. The van der Waals surface area contributed by atoms with Gasteiger partial charge in [0.05, 0.1) is 30.5 Å². The van der Waals surface area contributed by atoms with Gasteiger partial charge in [0.2, 0.25) is 5.91 Å².